The molecule has 0 bridgehead atoms. The fourth-order valence-electron chi connectivity index (χ4n) is 3.10. The van der Waals surface area contributed by atoms with E-state index in [2.05, 4.69) is 5.32 Å². The van der Waals surface area contributed by atoms with Crippen LogP contribution < -0.4 is 5.32 Å². The van der Waals surface area contributed by atoms with Crippen LogP contribution in [-0.4, -0.2) is 57.3 Å². The number of carbonyl (C=O) groups is 3. The van der Waals surface area contributed by atoms with E-state index in [1.807, 2.05) is 6.92 Å². The minimum absolute atomic E-state index is 0.0206. The zero-order chi connectivity index (χ0) is 16.6. The summed E-state index contributed by atoms with van der Waals surface area (Å²) in [6.45, 7) is 5.27. The third kappa shape index (κ3) is 2.72. The average Bonchev–Trinajstić information content (AvgIpc) is 2.64. The fourth-order valence-corrected chi connectivity index (χ4v) is 4.25. The molecule has 1 fully saturated rings. The first-order chi connectivity index (χ1) is 10.3. The highest BCUT2D eigenvalue weighted by Crippen LogP contribution is 2.50. The van der Waals surface area contributed by atoms with Crippen LogP contribution in [0.25, 0.3) is 0 Å². The van der Waals surface area contributed by atoms with Gasteiger partial charge in [0.05, 0.1) is 18.1 Å². The topological polar surface area (TPSA) is 107 Å². The van der Waals surface area contributed by atoms with Crippen LogP contribution in [0.3, 0.4) is 0 Å². The number of carboxylic acid groups (broad SMARTS) is 1. The van der Waals surface area contributed by atoms with Crippen LogP contribution in [0.5, 0.6) is 0 Å². The van der Waals surface area contributed by atoms with Gasteiger partial charge >= 0.3 is 5.97 Å². The number of carbonyl (C=O) groups excluding carboxylic acids is 2. The predicted octanol–water partition coefficient (Wildman–Crippen LogP) is 0.00940. The predicted molar refractivity (Wildman–Crippen MR) is 80.8 cm³/mol. The van der Waals surface area contributed by atoms with Gasteiger partial charge in [-0.25, -0.2) is 4.79 Å². The van der Waals surface area contributed by atoms with Gasteiger partial charge in [-0.05, 0) is 6.92 Å². The quantitative estimate of drug-likeness (QED) is 0.468. The first kappa shape index (κ1) is 16.8. The van der Waals surface area contributed by atoms with Crippen molar-refractivity contribution < 1.29 is 24.6 Å². The van der Waals surface area contributed by atoms with E-state index in [1.165, 1.54) is 23.6 Å². The van der Waals surface area contributed by atoms with Crippen molar-refractivity contribution in [2.24, 2.45) is 11.8 Å². The van der Waals surface area contributed by atoms with Gasteiger partial charge in [-0.3, -0.25) is 9.59 Å². The Labute approximate surface area is 132 Å². The summed E-state index contributed by atoms with van der Waals surface area (Å²) in [5.41, 5.74) is 0.0206. The van der Waals surface area contributed by atoms with Crippen molar-refractivity contribution in [2.75, 3.05) is 12.3 Å². The van der Waals surface area contributed by atoms with E-state index in [1.54, 1.807) is 6.92 Å². The van der Waals surface area contributed by atoms with E-state index < -0.39 is 18.0 Å². The maximum atomic E-state index is 12.1. The number of aliphatic hydroxyl groups is 1. The Kier molecular flexibility index (Phi) is 4.81. The number of aliphatic carboxylic acids is 1. The van der Waals surface area contributed by atoms with E-state index in [9.17, 15) is 24.6 Å². The van der Waals surface area contributed by atoms with Gasteiger partial charge < -0.3 is 20.4 Å². The van der Waals surface area contributed by atoms with Gasteiger partial charge in [0.15, 0.2) is 0 Å². The number of carboxylic acids is 1. The van der Waals surface area contributed by atoms with Crippen LogP contribution in [0, 0.1) is 11.8 Å². The SMILES string of the molecule is CC(=O)NCCSC1=C(C(=O)O)N2C(=O)[C@H]([C@@H](C)O)[C@H]2[C@H]1C. The molecule has 2 rings (SSSR count). The average molecular weight is 328 g/mol. The summed E-state index contributed by atoms with van der Waals surface area (Å²) < 4.78 is 0. The molecule has 122 valence electrons. The summed E-state index contributed by atoms with van der Waals surface area (Å²) in [5, 5.41) is 21.8. The normalized spacial score (nSPS) is 28.3. The number of rotatable bonds is 6. The maximum absolute atomic E-state index is 12.1. The highest BCUT2D eigenvalue weighted by atomic mass is 32.2. The molecule has 0 aromatic heterocycles. The number of hydrogen-bond donors (Lipinski definition) is 3. The second-order valence-corrected chi connectivity index (χ2v) is 6.74. The zero-order valence-electron chi connectivity index (χ0n) is 12.7. The number of amides is 2. The Bertz CT molecular complexity index is 545. The van der Waals surface area contributed by atoms with Crippen LogP contribution >= 0.6 is 11.8 Å². The van der Waals surface area contributed by atoms with Gasteiger partial charge in [-0.15, -0.1) is 11.8 Å². The third-order valence-electron chi connectivity index (χ3n) is 4.04. The molecule has 3 N–H and O–H groups in total. The molecular weight excluding hydrogens is 308 g/mol. The van der Waals surface area contributed by atoms with Crippen molar-refractivity contribution in [3.05, 3.63) is 10.6 Å². The Morgan fingerprint density at radius 3 is 2.59 bits per heavy atom. The van der Waals surface area contributed by atoms with Gasteiger partial charge in [-0.2, -0.15) is 0 Å². The molecule has 0 aromatic carbocycles. The number of nitrogens with zero attached hydrogens (tertiary/aromatic N) is 1. The first-order valence-electron chi connectivity index (χ1n) is 7.13. The molecule has 2 heterocycles. The number of hydrogen-bond acceptors (Lipinski definition) is 5. The molecule has 1 saturated heterocycles. The number of β-lactam (4-membered cyclic amide) rings is 1. The Morgan fingerprint density at radius 1 is 1.45 bits per heavy atom. The standard InChI is InChI=1S/C14H20N2O5S/c1-6-10-9(7(2)17)13(19)16(10)11(14(20)21)12(6)22-5-4-15-8(3)18/h6-7,9-10,17H,4-5H2,1-3H3,(H,15,18)(H,20,21)/t6-,7-,9-,10-/m1/s1. The van der Waals surface area contributed by atoms with Gasteiger partial charge in [0.1, 0.15) is 5.70 Å². The van der Waals surface area contributed by atoms with E-state index in [0.29, 0.717) is 17.2 Å². The lowest BCUT2D eigenvalue weighted by molar-refractivity contribution is -0.163. The van der Waals surface area contributed by atoms with E-state index in [-0.39, 0.29) is 29.5 Å². The van der Waals surface area contributed by atoms with Crippen molar-refractivity contribution in [1.82, 2.24) is 10.2 Å². The molecular formula is C14H20N2O5S. The molecule has 0 aliphatic carbocycles. The largest absolute Gasteiger partial charge is 0.477 e. The lowest BCUT2D eigenvalue weighted by atomic mass is 9.79. The Hall–Kier alpha value is -1.54. The van der Waals surface area contributed by atoms with Crippen LogP contribution in [0.2, 0.25) is 0 Å². The lowest BCUT2D eigenvalue weighted by Gasteiger charge is -2.46. The van der Waals surface area contributed by atoms with Gasteiger partial charge in [-0.1, -0.05) is 6.92 Å². The summed E-state index contributed by atoms with van der Waals surface area (Å²) in [7, 11) is 0. The number of nitrogens with one attached hydrogen (secondary N) is 1. The van der Waals surface area contributed by atoms with Gasteiger partial charge in [0, 0.05) is 30.0 Å². The third-order valence-corrected chi connectivity index (χ3v) is 5.33. The molecule has 0 saturated carbocycles. The molecule has 2 aliphatic heterocycles. The van der Waals surface area contributed by atoms with Crippen molar-refractivity contribution in [3.8, 4) is 0 Å². The molecule has 0 aromatic rings. The van der Waals surface area contributed by atoms with Crippen molar-refractivity contribution in [3.63, 3.8) is 0 Å². The first-order valence-corrected chi connectivity index (χ1v) is 8.11. The molecule has 8 heteroatoms. The summed E-state index contributed by atoms with van der Waals surface area (Å²) >= 11 is 1.34. The minimum atomic E-state index is -1.13. The lowest BCUT2D eigenvalue weighted by Crippen LogP contribution is -2.63. The molecule has 2 amide bonds. The van der Waals surface area contributed by atoms with Gasteiger partial charge in [0.2, 0.25) is 11.8 Å². The van der Waals surface area contributed by atoms with E-state index in [4.69, 9.17) is 0 Å². The van der Waals surface area contributed by atoms with Crippen molar-refractivity contribution in [2.45, 2.75) is 32.9 Å². The smallest absolute Gasteiger partial charge is 0.353 e. The summed E-state index contributed by atoms with van der Waals surface area (Å²) in [4.78, 5) is 36.4. The molecule has 0 spiro atoms. The fraction of sp³-hybridized carbons (Fsp3) is 0.643. The Balaban J connectivity index is 2.15. The molecule has 4 atom stereocenters. The number of thioether (sulfide) groups is 1. The molecule has 2 aliphatic rings. The van der Waals surface area contributed by atoms with Crippen LogP contribution in [0.1, 0.15) is 20.8 Å². The zero-order valence-corrected chi connectivity index (χ0v) is 13.5. The maximum Gasteiger partial charge on any atom is 0.353 e. The molecule has 22 heavy (non-hydrogen) atoms. The molecule has 0 unspecified atom stereocenters. The van der Waals surface area contributed by atoms with E-state index >= 15 is 0 Å². The summed E-state index contributed by atoms with van der Waals surface area (Å²) in [6, 6.07) is -0.290. The van der Waals surface area contributed by atoms with Crippen molar-refractivity contribution in [1.29, 1.82) is 0 Å². The monoisotopic (exact) mass is 328 g/mol. The second kappa shape index (κ2) is 6.29. The van der Waals surface area contributed by atoms with Crippen LogP contribution in [-0.2, 0) is 14.4 Å². The Morgan fingerprint density at radius 2 is 2.09 bits per heavy atom. The number of aliphatic hydroxyl groups excluding tert-OH is 1. The summed E-state index contributed by atoms with van der Waals surface area (Å²) in [6.07, 6.45) is -0.796. The molecule has 7 nitrogen and oxygen atoms in total. The second-order valence-electron chi connectivity index (χ2n) is 5.60. The van der Waals surface area contributed by atoms with Crippen LogP contribution in [0.4, 0.5) is 0 Å². The van der Waals surface area contributed by atoms with E-state index in [0.717, 1.165) is 0 Å². The highest BCUT2D eigenvalue weighted by Gasteiger charge is 2.59. The van der Waals surface area contributed by atoms with Crippen molar-refractivity contribution >= 4 is 29.5 Å². The number of fused-ring (bicyclic) bond motifs is 1. The highest BCUT2D eigenvalue weighted by molar-refractivity contribution is 8.03. The minimum Gasteiger partial charge on any atom is -0.477 e. The summed E-state index contributed by atoms with van der Waals surface area (Å²) in [5.74, 6) is -1.75. The molecule has 0 radical (unpaired) electrons. The van der Waals surface area contributed by atoms with Crippen LogP contribution in [0.15, 0.2) is 10.6 Å². The van der Waals surface area contributed by atoms with Gasteiger partial charge in [0.25, 0.3) is 0 Å².